The molecule has 0 saturated carbocycles. The molecule has 0 saturated heterocycles. The lowest BCUT2D eigenvalue weighted by molar-refractivity contribution is -0.887. The van der Waals surface area contributed by atoms with Crippen molar-refractivity contribution in [1.29, 1.82) is 0 Å². The highest BCUT2D eigenvalue weighted by atomic mass is 16.6. The molecule has 0 aliphatic carbocycles. The van der Waals surface area contributed by atoms with E-state index in [4.69, 9.17) is 14.2 Å². The summed E-state index contributed by atoms with van der Waals surface area (Å²) in [6, 6.07) is -0.612. The molecule has 0 amide bonds. The number of esters is 2. The van der Waals surface area contributed by atoms with E-state index in [1.54, 1.807) is 0 Å². The number of hydrogen-bond donors (Lipinski definition) is 1. The fourth-order valence-corrected chi connectivity index (χ4v) is 8.01. The van der Waals surface area contributed by atoms with E-state index in [-0.39, 0.29) is 36.2 Å². The molecule has 0 rings (SSSR count). The third-order valence-corrected chi connectivity index (χ3v) is 12.1. The van der Waals surface area contributed by atoms with Crippen molar-refractivity contribution < 1.29 is 38.2 Å². The van der Waals surface area contributed by atoms with E-state index in [9.17, 15) is 19.5 Å². The molecule has 0 aliphatic heterocycles. The summed E-state index contributed by atoms with van der Waals surface area (Å²) in [4.78, 5) is 37.2. The van der Waals surface area contributed by atoms with Gasteiger partial charge in [-0.15, -0.1) is 0 Å². The van der Waals surface area contributed by atoms with Gasteiger partial charge in [-0.3, -0.25) is 9.59 Å². The highest BCUT2D eigenvalue weighted by molar-refractivity contribution is 5.72. The average molecular weight is 877 g/mol. The normalized spacial score (nSPS) is 13.0. The van der Waals surface area contributed by atoms with Gasteiger partial charge in [0.2, 0.25) is 0 Å². The van der Waals surface area contributed by atoms with Crippen LogP contribution >= 0.6 is 0 Å². The first-order valence-corrected chi connectivity index (χ1v) is 26.4. The maximum atomic E-state index is 12.8. The number of allylic oxidation sites excluding steroid dienone is 4. The summed E-state index contributed by atoms with van der Waals surface area (Å²) in [6.07, 6.45) is 52.2. The first kappa shape index (κ1) is 59.8. The third-order valence-electron chi connectivity index (χ3n) is 12.1. The Kier molecular flexibility index (Phi) is 43.8. The Morgan fingerprint density at radius 3 is 1.24 bits per heavy atom. The lowest BCUT2D eigenvalue weighted by Crippen LogP contribution is -2.50. The minimum atomic E-state index is -0.872. The zero-order valence-electron chi connectivity index (χ0n) is 41.6. The van der Waals surface area contributed by atoms with Gasteiger partial charge in [0.15, 0.2) is 12.1 Å². The average Bonchev–Trinajstić information content (AvgIpc) is 3.23. The van der Waals surface area contributed by atoms with Crippen molar-refractivity contribution in [2.24, 2.45) is 0 Å². The van der Waals surface area contributed by atoms with Gasteiger partial charge in [0.25, 0.3) is 0 Å². The van der Waals surface area contributed by atoms with Crippen molar-refractivity contribution in [3.05, 3.63) is 24.3 Å². The number of ether oxygens (including phenoxy) is 3. The molecule has 1 N–H and O–H groups in total. The van der Waals surface area contributed by atoms with Gasteiger partial charge in [0, 0.05) is 19.3 Å². The Morgan fingerprint density at radius 2 is 0.855 bits per heavy atom. The van der Waals surface area contributed by atoms with Crippen LogP contribution in [0, 0.1) is 0 Å². The number of unbranched alkanes of at least 4 members (excludes halogenated alkanes) is 30. The summed E-state index contributed by atoms with van der Waals surface area (Å²) in [5, 5.41) is 9.65. The van der Waals surface area contributed by atoms with E-state index in [0.717, 1.165) is 44.9 Å². The first-order valence-electron chi connectivity index (χ1n) is 26.4. The summed E-state index contributed by atoms with van der Waals surface area (Å²) < 4.78 is 17.4. The van der Waals surface area contributed by atoms with Crippen molar-refractivity contribution in [3.63, 3.8) is 0 Å². The molecule has 0 aromatic rings. The number of rotatable bonds is 48. The highest BCUT2D eigenvalue weighted by Gasteiger charge is 2.31. The van der Waals surface area contributed by atoms with Crippen LogP contribution < -0.4 is 0 Å². The number of nitrogens with zero attached hydrogens (tertiary/aromatic N) is 1. The standard InChI is InChI=1S/C54H101NO7/c1-6-8-10-12-14-16-18-20-22-23-24-25-26-27-28-29-31-33-35-37-39-41-43-45-53(57)62-50(48-60-47-46-51(54(58)59)55(3,4)5)49-61-52(56)44-42-40-38-36-34-32-30-21-19-17-15-13-11-9-7-2/h18,20,23-24,50-51H,6-17,19,21-22,25-49H2,1-5H3/p+1/b20-18-,24-23-. The number of hydrogen-bond acceptors (Lipinski definition) is 6. The van der Waals surface area contributed by atoms with Crippen LogP contribution in [0.2, 0.25) is 0 Å². The van der Waals surface area contributed by atoms with E-state index in [1.807, 2.05) is 21.1 Å². The number of carbonyl (C=O) groups excluding carboxylic acids is 2. The van der Waals surface area contributed by atoms with Crippen LogP contribution in [0.4, 0.5) is 0 Å². The Balaban J connectivity index is 4.18. The van der Waals surface area contributed by atoms with Gasteiger partial charge in [-0.2, -0.15) is 0 Å². The van der Waals surface area contributed by atoms with Gasteiger partial charge in [-0.1, -0.05) is 212 Å². The smallest absolute Gasteiger partial charge is 0.362 e. The van der Waals surface area contributed by atoms with Crippen molar-refractivity contribution in [2.45, 2.75) is 264 Å². The maximum absolute atomic E-state index is 12.8. The molecule has 0 aromatic heterocycles. The van der Waals surface area contributed by atoms with Crippen LogP contribution in [0.3, 0.4) is 0 Å². The van der Waals surface area contributed by atoms with E-state index in [0.29, 0.717) is 19.3 Å². The quantitative estimate of drug-likeness (QED) is 0.0281. The Labute approximate surface area is 383 Å². The zero-order valence-corrected chi connectivity index (χ0v) is 41.6. The first-order chi connectivity index (χ1) is 30.1. The Bertz CT molecular complexity index is 1070. The second-order valence-electron chi connectivity index (χ2n) is 19.1. The van der Waals surface area contributed by atoms with Gasteiger partial charge in [-0.05, 0) is 44.9 Å². The molecule has 0 heterocycles. The molecule has 0 spiro atoms. The fraction of sp³-hybridized carbons (Fsp3) is 0.870. The Hall–Kier alpha value is -2.19. The van der Waals surface area contributed by atoms with Gasteiger partial charge < -0.3 is 23.8 Å². The molecular formula is C54H102NO7+. The molecular weight excluding hydrogens is 775 g/mol. The SMILES string of the molecule is CCCCCCC/C=C\C/C=C\CCCCCCCCCCCCCC(=O)OC(COCCC(C(=O)O)[N+](C)(C)C)COC(=O)CCCCCCCCCCCCCCCCC. The summed E-state index contributed by atoms with van der Waals surface area (Å²) in [5.41, 5.74) is 0. The molecule has 0 aliphatic rings. The van der Waals surface area contributed by atoms with Gasteiger partial charge in [-0.25, -0.2) is 4.79 Å². The van der Waals surface area contributed by atoms with Crippen LogP contribution in [0.15, 0.2) is 24.3 Å². The van der Waals surface area contributed by atoms with E-state index < -0.39 is 18.1 Å². The molecule has 0 bridgehead atoms. The monoisotopic (exact) mass is 877 g/mol. The van der Waals surface area contributed by atoms with Gasteiger partial charge in [0.05, 0.1) is 34.4 Å². The van der Waals surface area contributed by atoms with Crippen molar-refractivity contribution in [3.8, 4) is 0 Å². The van der Waals surface area contributed by atoms with E-state index >= 15 is 0 Å². The molecule has 2 unspecified atom stereocenters. The summed E-state index contributed by atoms with van der Waals surface area (Å²) in [7, 11) is 5.54. The molecule has 364 valence electrons. The summed E-state index contributed by atoms with van der Waals surface area (Å²) >= 11 is 0. The van der Waals surface area contributed by atoms with Gasteiger partial charge in [0.1, 0.15) is 6.61 Å². The fourth-order valence-electron chi connectivity index (χ4n) is 8.01. The Morgan fingerprint density at radius 1 is 0.484 bits per heavy atom. The molecule has 8 nitrogen and oxygen atoms in total. The minimum Gasteiger partial charge on any atom is -0.477 e. The predicted molar refractivity (Wildman–Crippen MR) is 262 cm³/mol. The molecule has 2 atom stereocenters. The second-order valence-corrected chi connectivity index (χ2v) is 19.1. The third kappa shape index (κ3) is 43.1. The highest BCUT2D eigenvalue weighted by Crippen LogP contribution is 2.16. The predicted octanol–water partition coefficient (Wildman–Crippen LogP) is 15.2. The molecule has 62 heavy (non-hydrogen) atoms. The summed E-state index contributed by atoms with van der Waals surface area (Å²) in [5.74, 6) is -1.45. The van der Waals surface area contributed by atoms with Crippen LogP contribution in [0.5, 0.6) is 0 Å². The van der Waals surface area contributed by atoms with Crippen molar-refractivity contribution in [2.75, 3.05) is 41.0 Å². The molecule has 8 heteroatoms. The molecule has 0 fully saturated rings. The number of carbonyl (C=O) groups is 3. The van der Waals surface area contributed by atoms with E-state index in [1.165, 1.54) is 173 Å². The topological polar surface area (TPSA) is 99.1 Å². The number of aliphatic carboxylic acids is 1. The number of carboxylic acid groups (broad SMARTS) is 1. The summed E-state index contributed by atoms with van der Waals surface area (Å²) in [6.45, 7) is 4.77. The van der Waals surface area contributed by atoms with E-state index in [2.05, 4.69) is 38.2 Å². The molecule has 0 radical (unpaired) electrons. The lowest BCUT2D eigenvalue weighted by atomic mass is 10.0. The van der Waals surface area contributed by atoms with Crippen molar-refractivity contribution >= 4 is 17.9 Å². The van der Waals surface area contributed by atoms with Gasteiger partial charge >= 0.3 is 17.9 Å². The zero-order chi connectivity index (χ0) is 45.6. The minimum absolute atomic E-state index is 0.0464. The number of carboxylic acids is 1. The van der Waals surface area contributed by atoms with Crippen LogP contribution in [0.25, 0.3) is 0 Å². The maximum Gasteiger partial charge on any atom is 0.362 e. The van der Waals surface area contributed by atoms with Crippen LogP contribution in [0.1, 0.15) is 251 Å². The van der Waals surface area contributed by atoms with Crippen LogP contribution in [-0.2, 0) is 28.6 Å². The number of likely N-dealkylation sites (N-methyl/N-ethyl adjacent to an activating group) is 1. The number of quaternary nitrogens is 1. The second kappa shape index (κ2) is 45.4. The van der Waals surface area contributed by atoms with Crippen molar-refractivity contribution in [1.82, 2.24) is 0 Å². The lowest BCUT2D eigenvalue weighted by Gasteiger charge is -2.31. The molecule has 0 aromatic carbocycles. The van der Waals surface area contributed by atoms with Crippen LogP contribution in [-0.4, -0.2) is 80.6 Å². The largest absolute Gasteiger partial charge is 0.477 e.